The minimum atomic E-state index is -0.467. The van der Waals surface area contributed by atoms with Crippen LogP contribution in [0, 0.1) is 13.7 Å². The first-order chi connectivity index (χ1) is 10.0. The minimum absolute atomic E-state index is 0.0151. The zero-order valence-electron chi connectivity index (χ0n) is 11.3. The van der Waals surface area contributed by atoms with E-state index < -0.39 is 4.92 Å². The maximum Gasteiger partial charge on any atom is 0.270 e. The smallest absolute Gasteiger partial charge is 0.270 e. The highest BCUT2D eigenvalue weighted by Gasteiger charge is 2.20. The predicted octanol–water partition coefficient (Wildman–Crippen LogP) is 3.87. The number of para-hydroxylation sites is 1. The highest BCUT2D eigenvalue weighted by atomic mass is 127. The molecule has 0 aromatic heterocycles. The second kappa shape index (κ2) is 6.66. The van der Waals surface area contributed by atoms with Crippen LogP contribution >= 0.6 is 22.6 Å². The lowest BCUT2D eigenvalue weighted by Crippen LogP contribution is -2.31. The molecule has 2 rings (SSSR count). The third kappa shape index (κ3) is 3.38. The van der Waals surface area contributed by atoms with Gasteiger partial charge in [-0.1, -0.05) is 18.2 Å². The van der Waals surface area contributed by atoms with E-state index in [1.54, 1.807) is 4.90 Å². The van der Waals surface area contributed by atoms with E-state index in [0.29, 0.717) is 15.7 Å². The van der Waals surface area contributed by atoms with Crippen molar-refractivity contribution in [1.29, 1.82) is 0 Å². The zero-order chi connectivity index (χ0) is 15.4. The second-order valence-electron chi connectivity index (χ2n) is 4.31. The van der Waals surface area contributed by atoms with Crippen molar-refractivity contribution in [3.05, 3.63) is 67.8 Å². The lowest BCUT2D eigenvalue weighted by atomic mass is 10.1. The normalized spacial score (nSPS) is 10.2. The maximum atomic E-state index is 12.6. The van der Waals surface area contributed by atoms with E-state index in [2.05, 4.69) is 0 Å². The number of nitrogens with zero attached hydrogens (tertiary/aromatic N) is 2. The van der Waals surface area contributed by atoms with Crippen LogP contribution in [0.15, 0.2) is 48.5 Å². The second-order valence-corrected chi connectivity index (χ2v) is 5.47. The quantitative estimate of drug-likeness (QED) is 0.448. The van der Waals surface area contributed by atoms with Crippen LogP contribution in [0.2, 0.25) is 0 Å². The average molecular weight is 396 g/mol. The Hall–Kier alpha value is -1.96. The standard InChI is InChI=1S/C15H13IN2O3/c1-2-17(11-6-4-3-5-7-11)15(19)13-9-8-12(18(20)21)10-14(13)16/h3-10H,2H2,1H3. The SMILES string of the molecule is CCN(C(=O)c1ccc([N+](=O)[O-])cc1I)c1ccccc1. The summed E-state index contributed by atoms with van der Waals surface area (Å²) in [5, 5.41) is 10.8. The van der Waals surface area contributed by atoms with Gasteiger partial charge >= 0.3 is 0 Å². The Balaban J connectivity index is 2.37. The Morgan fingerprint density at radius 1 is 1.24 bits per heavy atom. The van der Waals surface area contributed by atoms with Crippen molar-refractivity contribution >= 4 is 39.9 Å². The first-order valence-corrected chi connectivity index (χ1v) is 7.43. The average Bonchev–Trinajstić information content (AvgIpc) is 2.48. The number of amides is 1. The van der Waals surface area contributed by atoms with Gasteiger partial charge in [0.05, 0.1) is 10.5 Å². The molecule has 0 aliphatic heterocycles. The Morgan fingerprint density at radius 2 is 1.90 bits per heavy atom. The van der Waals surface area contributed by atoms with Gasteiger partial charge in [-0.25, -0.2) is 0 Å². The highest BCUT2D eigenvalue weighted by molar-refractivity contribution is 14.1. The fourth-order valence-corrected chi connectivity index (χ4v) is 2.72. The van der Waals surface area contributed by atoms with Gasteiger partial charge in [0.15, 0.2) is 0 Å². The van der Waals surface area contributed by atoms with Gasteiger partial charge < -0.3 is 4.90 Å². The van der Waals surface area contributed by atoms with Crippen LogP contribution in [0.4, 0.5) is 11.4 Å². The van der Waals surface area contributed by atoms with Crippen molar-refractivity contribution in [3.8, 4) is 0 Å². The van der Waals surface area contributed by atoms with E-state index >= 15 is 0 Å². The summed E-state index contributed by atoms with van der Waals surface area (Å²) in [7, 11) is 0. The van der Waals surface area contributed by atoms with Crippen molar-refractivity contribution < 1.29 is 9.72 Å². The van der Waals surface area contributed by atoms with Gasteiger partial charge in [0, 0.05) is 27.9 Å². The molecule has 6 heteroatoms. The number of non-ortho nitro benzene ring substituents is 1. The monoisotopic (exact) mass is 396 g/mol. The molecule has 0 fully saturated rings. The number of benzene rings is 2. The van der Waals surface area contributed by atoms with E-state index in [0.717, 1.165) is 5.69 Å². The summed E-state index contributed by atoms with van der Waals surface area (Å²) < 4.78 is 0.571. The van der Waals surface area contributed by atoms with Gasteiger partial charge in [0.1, 0.15) is 0 Å². The summed E-state index contributed by atoms with van der Waals surface area (Å²) in [6.07, 6.45) is 0. The van der Waals surface area contributed by atoms with Crippen LogP contribution in [0.3, 0.4) is 0 Å². The third-order valence-corrected chi connectivity index (χ3v) is 3.92. The fraction of sp³-hybridized carbons (Fsp3) is 0.133. The maximum absolute atomic E-state index is 12.6. The Morgan fingerprint density at radius 3 is 2.43 bits per heavy atom. The molecular formula is C15H13IN2O3. The summed E-state index contributed by atoms with van der Waals surface area (Å²) in [5.41, 5.74) is 1.25. The molecule has 2 aromatic carbocycles. The number of hydrogen-bond donors (Lipinski definition) is 0. The molecule has 0 unspecified atom stereocenters. The van der Waals surface area contributed by atoms with Gasteiger partial charge in [-0.05, 0) is 47.7 Å². The molecule has 21 heavy (non-hydrogen) atoms. The highest BCUT2D eigenvalue weighted by Crippen LogP contribution is 2.23. The molecule has 0 N–H and O–H groups in total. The number of halogens is 1. The first-order valence-electron chi connectivity index (χ1n) is 6.35. The van der Waals surface area contributed by atoms with Crippen LogP contribution < -0.4 is 4.90 Å². The molecule has 0 radical (unpaired) electrons. The molecule has 108 valence electrons. The molecular weight excluding hydrogens is 383 g/mol. The topological polar surface area (TPSA) is 63.5 Å². The number of carbonyl (C=O) groups is 1. The van der Waals surface area contributed by atoms with E-state index in [1.165, 1.54) is 18.2 Å². The first kappa shape index (κ1) is 15.4. The van der Waals surface area contributed by atoms with Crippen molar-refractivity contribution in [2.45, 2.75) is 6.92 Å². The molecule has 0 heterocycles. The predicted molar refractivity (Wildman–Crippen MR) is 89.6 cm³/mol. The summed E-state index contributed by atoms with van der Waals surface area (Å²) in [6.45, 7) is 2.42. The van der Waals surface area contributed by atoms with Crippen molar-refractivity contribution in [3.63, 3.8) is 0 Å². The van der Waals surface area contributed by atoms with Gasteiger partial charge in [0.25, 0.3) is 11.6 Å². The zero-order valence-corrected chi connectivity index (χ0v) is 13.5. The molecule has 0 spiro atoms. The Labute approximate surface area is 135 Å². The van der Waals surface area contributed by atoms with Crippen LogP contribution in [0.1, 0.15) is 17.3 Å². The lowest BCUT2D eigenvalue weighted by Gasteiger charge is -2.21. The fourth-order valence-electron chi connectivity index (χ4n) is 1.99. The minimum Gasteiger partial charge on any atom is -0.309 e. The Bertz CT molecular complexity index is 674. The number of nitro benzene ring substituents is 1. The number of rotatable bonds is 4. The largest absolute Gasteiger partial charge is 0.309 e. The molecule has 0 saturated carbocycles. The van der Waals surface area contributed by atoms with Gasteiger partial charge in [0.2, 0.25) is 0 Å². The van der Waals surface area contributed by atoms with Crippen molar-refractivity contribution in [1.82, 2.24) is 0 Å². The van der Waals surface area contributed by atoms with Crippen LogP contribution in [-0.2, 0) is 0 Å². The van der Waals surface area contributed by atoms with Crippen LogP contribution in [0.5, 0.6) is 0 Å². The summed E-state index contributed by atoms with van der Waals surface area (Å²) in [6, 6.07) is 13.6. The summed E-state index contributed by atoms with van der Waals surface area (Å²) in [4.78, 5) is 24.6. The van der Waals surface area contributed by atoms with E-state index in [4.69, 9.17) is 0 Å². The molecule has 0 saturated heterocycles. The summed E-state index contributed by atoms with van der Waals surface area (Å²) in [5.74, 6) is -0.164. The number of carbonyl (C=O) groups excluding carboxylic acids is 1. The number of anilines is 1. The lowest BCUT2D eigenvalue weighted by molar-refractivity contribution is -0.384. The molecule has 1 amide bonds. The van der Waals surface area contributed by atoms with Crippen LogP contribution in [-0.4, -0.2) is 17.4 Å². The number of hydrogen-bond acceptors (Lipinski definition) is 3. The molecule has 0 atom stereocenters. The number of nitro groups is 1. The van der Waals surface area contributed by atoms with Gasteiger partial charge in [-0.2, -0.15) is 0 Å². The van der Waals surface area contributed by atoms with E-state index in [-0.39, 0.29) is 11.6 Å². The van der Waals surface area contributed by atoms with Crippen LogP contribution in [0.25, 0.3) is 0 Å². The van der Waals surface area contributed by atoms with Crippen molar-refractivity contribution in [2.24, 2.45) is 0 Å². The Kier molecular flexibility index (Phi) is 4.89. The van der Waals surface area contributed by atoms with E-state index in [1.807, 2.05) is 59.8 Å². The van der Waals surface area contributed by atoms with E-state index in [9.17, 15) is 14.9 Å². The van der Waals surface area contributed by atoms with Crippen molar-refractivity contribution in [2.75, 3.05) is 11.4 Å². The molecule has 0 aliphatic rings. The molecule has 5 nitrogen and oxygen atoms in total. The molecule has 0 aliphatic carbocycles. The van der Waals surface area contributed by atoms with Gasteiger partial charge in [-0.3, -0.25) is 14.9 Å². The van der Waals surface area contributed by atoms with Gasteiger partial charge in [-0.15, -0.1) is 0 Å². The summed E-state index contributed by atoms with van der Waals surface area (Å²) >= 11 is 1.95. The third-order valence-electron chi connectivity index (χ3n) is 3.02. The molecule has 2 aromatic rings. The molecule has 0 bridgehead atoms.